The summed E-state index contributed by atoms with van der Waals surface area (Å²) < 4.78 is 6.42. The predicted molar refractivity (Wildman–Crippen MR) is 65.2 cm³/mol. The SMILES string of the molecule is COc1cc(Br)ccc1C1C(N)C1(C)C. The van der Waals surface area contributed by atoms with E-state index in [9.17, 15) is 0 Å². The second-order valence-electron chi connectivity index (χ2n) is 4.71. The summed E-state index contributed by atoms with van der Waals surface area (Å²) in [6.07, 6.45) is 0. The van der Waals surface area contributed by atoms with Crippen molar-refractivity contribution in [2.75, 3.05) is 7.11 Å². The lowest BCUT2D eigenvalue weighted by Gasteiger charge is -2.09. The van der Waals surface area contributed by atoms with Gasteiger partial charge in [-0.2, -0.15) is 0 Å². The predicted octanol–water partition coefficient (Wildman–Crippen LogP) is 2.91. The zero-order valence-corrected chi connectivity index (χ0v) is 10.8. The lowest BCUT2D eigenvalue weighted by molar-refractivity contribution is 0.407. The number of hydrogen-bond acceptors (Lipinski definition) is 2. The average molecular weight is 270 g/mol. The van der Waals surface area contributed by atoms with E-state index in [-0.39, 0.29) is 11.5 Å². The zero-order valence-electron chi connectivity index (χ0n) is 9.25. The van der Waals surface area contributed by atoms with E-state index in [0.29, 0.717) is 5.92 Å². The fraction of sp³-hybridized carbons (Fsp3) is 0.500. The van der Waals surface area contributed by atoms with Gasteiger partial charge in [-0.05, 0) is 23.1 Å². The largest absolute Gasteiger partial charge is 0.496 e. The average Bonchev–Trinajstić information content (AvgIpc) is 2.67. The van der Waals surface area contributed by atoms with Gasteiger partial charge in [-0.15, -0.1) is 0 Å². The van der Waals surface area contributed by atoms with Crippen molar-refractivity contribution in [1.29, 1.82) is 0 Å². The van der Waals surface area contributed by atoms with Gasteiger partial charge in [-0.25, -0.2) is 0 Å². The normalized spacial score (nSPS) is 27.5. The quantitative estimate of drug-likeness (QED) is 0.896. The van der Waals surface area contributed by atoms with E-state index in [4.69, 9.17) is 10.5 Å². The molecule has 1 aromatic carbocycles. The highest BCUT2D eigenvalue weighted by Gasteiger charge is 2.57. The van der Waals surface area contributed by atoms with Crippen LogP contribution in [-0.2, 0) is 0 Å². The van der Waals surface area contributed by atoms with Crippen LogP contribution in [0.1, 0.15) is 25.3 Å². The third-order valence-corrected chi connectivity index (χ3v) is 3.93. The molecule has 1 aliphatic rings. The van der Waals surface area contributed by atoms with Gasteiger partial charge in [0, 0.05) is 16.4 Å². The van der Waals surface area contributed by atoms with Crippen LogP contribution in [0.5, 0.6) is 5.75 Å². The Hall–Kier alpha value is -0.540. The molecule has 0 radical (unpaired) electrons. The van der Waals surface area contributed by atoms with E-state index in [1.165, 1.54) is 5.56 Å². The van der Waals surface area contributed by atoms with Gasteiger partial charge >= 0.3 is 0 Å². The van der Waals surface area contributed by atoms with Crippen LogP contribution in [-0.4, -0.2) is 13.2 Å². The van der Waals surface area contributed by atoms with Crippen LogP contribution in [0, 0.1) is 5.41 Å². The van der Waals surface area contributed by atoms with Gasteiger partial charge in [0.25, 0.3) is 0 Å². The number of nitrogens with two attached hydrogens (primary N) is 1. The number of hydrogen-bond donors (Lipinski definition) is 1. The van der Waals surface area contributed by atoms with E-state index in [1.807, 2.05) is 12.1 Å². The zero-order chi connectivity index (χ0) is 11.2. The van der Waals surface area contributed by atoms with Crippen molar-refractivity contribution in [1.82, 2.24) is 0 Å². The summed E-state index contributed by atoms with van der Waals surface area (Å²) in [6, 6.07) is 6.38. The number of methoxy groups -OCH3 is 1. The van der Waals surface area contributed by atoms with E-state index in [0.717, 1.165) is 10.2 Å². The Labute approximate surface area is 98.9 Å². The molecule has 3 heteroatoms. The number of ether oxygens (including phenoxy) is 1. The maximum absolute atomic E-state index is 6.07. The summed E-state index contributed by atoms with van der Waals surface area (Å²) >= 11 is 3.44. The Balaban J connectivity index is 2.38. The molecule has 0 saturated heterocycles. The number of rotatable bonds is 2. The molecule has 0 spiro atoms. The monoisotopic (exact) mass is 269 g/mol. The van der Waals surface area contributed by atoms with Gasteiger partial charge in [-0.3, -0.25) is 0 Å². The fourth-order valence-electron chi connectivity index (χ4n) is 2.21. The third-order valence-electron chi connectivity index (χ3n) is 3.44. The van der Waals surface area contributed by atoms with Crippen molar-refractivity contribution < 1.29 is 4.74 Å². The second-order valence-corrected chi connectivity index (χ2v) is 5.63. The van der Waals surface area contributed by atoms with E-state index >= 15 is 0 Å². The highest BCUT2D eigenvalue weighted by Crippen LogP contribution is 2.59. The van der Waals surface area contributed by atoms with Gasteiger partial charge in [0.15, 0.2) is 0 Å². The standard InChI is InChI=1S/C12H16BrNO/c1-12(2)10(11(12)14)8-5-4-7(13)6-9(8)15-3/h4-6,10-11H,14H2,1-3H3. The number of halogens is 1. The molecule has 1 aliphatic carbocycles. The van der Waals surface area contributed by atoms with Gasteiger partial charge < -0.3 is 10.5 Å². The highest BCUT2D eigenvalue weighted by atomic mass is 79.9. The van der Waals surface area contributed by atoms with E-state index < -0.39 is 0 Å². The Morgan fingerprint density at radius 3 is 2.47 bits per heavy atom. The van der Waals surface area contributed by atoms with Crippen LogP contribution in [0.2, 0.25) is 0 Å². The Kier molecular flexibility index (Phi) is 2.55. The maximum atomic E-state index is 6.07. The van der Waals surface area contributed by atoms with E-state index in [1.54, 1.807) is 7.11 Å². The molecule has 15 heavy (non-hydrogen) atoms. The molecule has 0 amide bonds. The van der Waals surface area contributed by atoms with Gasteiger partial charge in [0.1, 0.15) is 5.75 Å². The van der Waals surface area contributed by atoms with Crippen molar-refractivity contribution in [3.05, 3.63) is 28.2 Å². The fourth-order valence-corrected chi connectivity index (χ4v) is 2.55. The maximum Gasteiger partial charge on any atom is 0.123 e. The number of benzene rings is 1. The molecule has 2 atom stereocenters. The van der Waals surface area contributed by atoms with Crippen molar-refractivity contribution in [3.8, 4) is 5.75 Å². The molecule has 1 aromatic rings. The topological polar surface area (TPSA) is 35.2 Å². The molecule has 2 rings (SSSR count). The highest BCUT2D eigenvalue weighted by molar-refractivity contribution is 9.10. The molecule has 82 valence electrons. The van der Waals surface area contributed by atoms with Crippen molar-refractivity contribution in [2.24, 2.45) is 11.1 Å². The minimum atomic E-state index is 0.196. The minimum Gasteiger partial charge on any atom is -0.496 e. The first-order valence-electron chi connectivity index (χ1n) is 5.07. The molecule has 1 saturated carbocycles. The molecule has 0 heterocycles. The Morgan fingerprint density at radius 2 is 2.00 bits per heavy atom. The minimum absolute atomic E-state index is 0.196. The first-order chi connectivity index (χ1) is 6.98. The Bertz CT molecular complexity index is 389. The molecular weight excluding hydrogens is 254 g/mol. The molecule has 0 bridgehead atoms. The molecule has 0 aromatic heterocycles. The molecule has 2 nitrogen and oxygen atoms in total. The first-order valence-corrected chi connectivity index (χ1v) is 5.87. The molecule has 0 aliphatic heterocycles. The summed E-state index contributed by atoms with van der Waals surface area (Å²) in [5.74, 6) is 1.34. The molecule has 2 unspecified atom stereocenters. The van der Waals surface area contributed by atoms with Crippen LogP contribution in [0.25, 0.3) is 0 Å². The summed E-state index contributed by atoms with van der Waals surface area (Å²) in [6.45, 7) is 4.40. The van der Waals surface area contributed by atoms with E-state index in [2.05, 4.69) is 35.8 Å². The van der Waals surface area contributed by atoms with Crippen LogP contribution in [0.15, 0.2) is 22.7 Å². The second kappa shape index (κ2) is 3.49. The van der Waals surface area contributed by atoms with Crippen LogP contribution < -0.4 is 10.5 Å². The summed E-state index contributed by atoms with van der Waals surface area (Å²) in [5, 5.41) is 0. The van der Waals surface area contributed by atoms with Crippen molar-refractivity contribution >= 4 is 15.9 Å². The van der Waals surface area contributed by atoms with Gasteiger partial charge in [-0.1, -0.05) is 35.8 Å². The van der Waals surface area contributed by atoms with Crippen LogP contribution >= 0.6 is 15.9 Å². The van der Waals surface area contributed by atoms with Crippen molar-refractivity contribution in [3.63, 3.8) is 0 Å². The lowest BCUT2D eigenvalue weighted by Crippen LogP contribution is -2.06. The lowest BCUT2D eigenvalue weighted by atomic mass is 10.0. The summed E-state index contributed by atoms with van der Waals surface area (Å²) in [5.41, 5.74) is 7.49. The van der Waals surface area contributed by atoms with Crippen LogP contribution in [0.4, 0.5) is 0 Å². The first kappa shape index (κ1) is 11.0. The Morgan fingerprint density at radius 1 is 1.40 bits per heavy atom. The van der Waals surface area contributed by atoms with Gasteiger partial charge in [0.05, 0.1) is 7.11 Å². The van der Waals surface area contributed by atoms with Crippen molar-refractivity contribution in [2.45, 2.75) is 25.8 Å². The third kappa shape index (κ3) is 1.68. The molecular formula is C12H16BrNO. The summed E-state index contributed by atoms with van der Waals surface area (Å²) in [4.78, 5) is 0. The summed E-state index contributed by atoms with van der Waals surface area (Å²) in [7, 11) is 1.70. The molecule has 1 fully saturated rings. The van der Waals surface area contributed by atoms with Gasteiger partial charge in [0.2, 0.25) is 0 Å². The molecule has 2 N–H and O–H groups in total. The van der Waals surface area contributed by atoms with Crippen LogP contribution in [0.3, 0.4) is 0 Å². The smallest absolute Gasteiger partial charge is 0.123 e.